The van der Waals surface area contributed by atoms with Crippen LogP contribution in [-0.2, 0) is 9.84 Å². The predicted molar refractivity (Wildman–Crippen MR) is 68.4 cm³/mol. The fourth-order valence-corrected chi connectivity index (χ4v) is 3.45. The second-order valence-corrected chi connectivity index (χ2v) is 7.28. The molecule has 0 amide bonds. The summed E-state index contributed by atoms with van der Waals surface area (Å²) in [4.78, 5) is 0. The van der Waals surface area contributed by atoms with E-state index < -0.39 is 9.84 Å². The van der Waals surface area contributed by atoms with Crippen LogP contribution in [0.3, 0.4) is 0 Å². The summed E-state index contributed by atoms with van der Waals surface area (Å²) in [5, 5.41) is 3.29. The van der Waals surface area contributed by atoms with Gasteiger partial charge in [0.2, 0.25) is 0 Å². The van der Waals surface area contributed by atoms with Crippen molar-refractivity contribution in [2.75, 3.05) is 18.1 Å². The van der Waals surface area contributed by atoms with Crippen LogP contribution >= 0.6 is 0 Å². The first-order valence-corrected chi connectivity index (χ1v) is 8.29. The monoisotopic (exact) mass is 247 g/mol. The fourth-order valence-electron chi connectivity index (χ4n) is 1.80. The molecule has 1 rings (SSSR count). The Morgan fingerprint density at radius 2 is 2.06 bits per heavy atom. The van der Waals surface area contributed by atoms with E-state index in [1.54, 1.807) is 0 Å². The van der Waals surface area contributed by atoms with Gasteiger partial charge < -0.3 is 5.32 Å². The van der Waals surface area contributed by atoms with Crippen LogP contribution in [0.25, 0.3) is 0 Å². The molecule has 0 aromatic carbocycles. The van der Waals surface area contributed by atoms with Crippen molar-refractivity contribution in [1.29, 1.82) is 0 Å². The van der Waals surface area contributed by atoms with Gasteiger partial charge in [0.05, 0.1) is 11.5 Å². The molecule has 0 aliphatic heterocycles. The number of nitrogens with one attached hydrogen (secondary N) is 1. The van der Waals surface area contributed by atoms with Crippen molar-refractivity contribution in [2.45, 2.75) is 52.0 Å². The molecule has 3 nitrogen and oxygen atoms in total. The molecule has 1 unspecified atom stereocenters. The van der Waals surface area contributed by atoms with Gasteiger partial charge in [-0.25, -0.2) is 8.42 Å². The summed E-state index contributed by atoms with van der Waals surface area (Å²) in [5.74, 6) is 1.19. The smallest absolute Gasteiger partial charge is 0.151 e. The van der Waals surface area contributed by atoms with Crippen molar-refractivity contribution in [2.24, 2.45) is 5.92 Å². The van der Waals surface area contributed by atoms with Crippen molar-refractivity contribution < 1.29 is 8.42 Å². The van der Waals surface area contributed by atoms with Crippen LogP contribution in [0.4, 0.5) is 0 Å². The summed E-state index contributed by atoms with van der Waals surface area (Å²) in [7, 11) is -2.80. The van der Waals surface area contributed by atoms with Gasteiger partial charge in [0.15, 0.2) is 9.84 Å². The van der Waals surface area contributed by atoms with Gasteiger partial charge in [-0.2, -0.15) is 0 Å². The Balaban J connectivity index is 2.08. The lowest BCUT2D eigenvalue weighted by atomic mass is 10.1. The molecule has 0 heterocycles. The lowest BCUT2D eigenvalue weighted by Gasteiger charge is -2.13. The van der Waals surface area contributed by atoms with Crippen molar-refractivity contribution in [1.82, 2.24) is 5.32 Å². The maximum absolute atomic E-state index is 11.6. The van der Waals surface area contributed by atoms with E-state index in [9.17, 15) is 8.42 Å². The Kier molecular flexibility index (Phi) is 5.76. The van der Waals surface area contributed by atoms with Gasteiger partial charge in [-0.05, 0) is 32.1 Å². The molecule has 1 fully saturated rings. The SMILES string of the molecule is CCCCC(C)NCCS(=O)(=O)CC1CC1. The van der Waals surface area contributed by atoms with Crippen molar-refractivity contribution >= 4 is 9.84 Å². The lowest BCUT2D eigenvalue weighted by Crippen LogP contribution is -2.31. The van der Waals surface area contributed by atoms with Gasteiger partial charge in [-0.1, -0.05) is 19.8 Å². The third kappa shape index (κ3) is 6.48. The van der Waals surface area contributed by atoms with Crippen molar-refractivity contribution in [3.05, 3.63) is 0 Å². The molecule has 1 N–H and O–H groups in total. The van der Waals surface area contributed by atoms with E-state index in [0.717, 1.165) is 19.3 Å². The molecule has 0 radical (unpaired) electrons. The van der Waals surface area contributed by atoms with E-state index in [0.29, 0.717) is 30.0 Å². The molecule has 96 valence electrons. The Morgan fingerprint density at radius 3 is 2.62 bits per heavy atom. The molecule has 0 spiro atoms. The van der Waals surface area contributed by atoms with E-state index in [-0.39, 0.29) is 0 Å². The molecule has 1 saturated carbocycles. The van der Waals surface area contributed by atoms with E-state index in [1.165, 1.54) is 12.8 Å². The highest BCUT2D eigenvalue weighted by Gasteiger charge is 2.27. The highest BCUT2D eigenvalue weighted by atomic mass is 32.2. The van der Waals surface area contributed by atoms with E-state index in [1.807, 2.05) is 0 Å². The highest BCUT2D eigenvalue weighted by molar-refractivity contribution is 7.91. The first kappa shape index (κ1) is 14.0. The van der Waals surface area contributed by atoms with Crippen LogP contribution in [0.2, 0.25) is 0 Å². The number of hydrogen-bond donors (Lipinski definition) is 1. The first-order valence-electron chi connectivity index (χ1n) is 6.47. The molecule has 16 heavy (non-hydrogen) atoms. The van der Waals surface area contributed by atoms with Crippen LogP contribution in [0.5, 0.6) is 0 Å². The molecule has 4 heteroatoms. The summed E-state index contributed by atoms with van der Waals surface area (Å²) < 4.78 is 23.3. The fraction of sp³-hybridized carbons (Fsp3) is 1.00. The molecule has 1 aliphatic rings. The van der Waals surface area contributed by atoms with Gasteiger partial charge in [-0.3, -0.25) is 0 Å². The molecular formula is C12H25NO2S. The van der Waals surface area contributed by atoms with Gasteiger partial charge in [-0.15, -0.1) is 0 Å². The minimum absolute atomic E-state index is 0.306. The largest absolute Gasteiger partial charge is 0.313 e. The third-order valence-electron chi connectivity index (χ3n) is 3.08. The van der Waals surface area contributed by atoms with Gasteiger partial charge in [0.25, 0.3) is 0 Å². The second kappa shape index (κ2) is 6.60. The van der Waals surface area contributed by atoms with Crippen LogP contribution in [-0.4, -0.2) is 32.5 Å². The maximum atomic E-state index is 11.6. The second-order valence-electron chi connectivity index (χ2n) is 5.06. The summed E-state index contributed by atoms with van der Waals surface area (Å²) in [6, 6.07) is 0.441. The molecular weight excluding hydrogens is 222 g/mol. The standard InChI is InChI=1S/C12H25NO2S/c1-3-4-5-11(2)13-8-9-16(14,15)10-12-6-7-12/h11-13H,3-10H2,1-2H3. The molecule has 1 atom stereocenters. The van der Waals surface area contributed by atoms with Gasteiger partial charge in [0.1, 0.15) is 0 Å². The minimum atomic E-state index is -2.80. The van der Waals surface area contributed by atoms with Crippen LogP contribution in [0, 0.1) is 5.92 Å². The topological polar surface area (TPSA) is 46.2 Å². The zero-order chi connectivity index (χ0) is 12.0. The molecule has 0 aromatic rings. The Hall–Kier alpha value is -0.0900. The highest BCUT2D eigenvalue weighted by Crippen LogP contribution is 2.30. The number of hydrogen-bond acceptors (Lipinski definition) is 3. The predicted octanol–water partition coefficient (Wildman–Crippen LogP) is 1.98. The van der Waals surface area contributed by atoms with E-state index in [4.69, 9.17) is 0 Å². The molecule has 0 aromatic heterocycles. The lowest BCUT2D eigenvalue weighted by molar-refractivity contribution is 0.506. The number of sulfone groups is 1. The number of unbranched alkanes of at least 4 members (excludes halogenated alkanes) is 1. The average molecular weight is 247 g/mol. The maximum Gasteiger partial charge on any atom is 0.151 e. The Bertz CT molecular complexity index is 283. The zero-order valence-corrected chi connectivity index (χ0v) is 11.4. The summed E-state index contributed by atoms with van der Waals surface area (Å²) >= 11 is 0. The molecule has 0 saturated heterocycles. The molecule has 0 bridgehead atoms. The summed E-state index contributed by atoms with van der Waals surface area (Å²) in [6.07, 6.45) is 5.77. The molecule has 1 aliphatic carbocycles. The van der Waals surface area contributed by atoms with Crippen LogP contribution in [0.15, 0.2) is 0 Å². The van der Waals surface area contributed by atoms with Crippen LogP contribution < -0.4 is 5.32 Å². The van der Waals surface area contributed by atoms with Gasteiger partial charge in [0, 0.05) is 12.6 Å². The third-order valence-corrected chi connectivity index (χ3v) is 4.89. The number of rotatable bonds is 9. The quantitative estimate of drug-likeness (QED) is 0.677. The normalized spacial score (nSPS) is 18.6. The minimum Gasteiger partial charge on any atom is -0.313 e. The van der Waals surface area contributed by atoms with E-state index in [2.05, 4.69) is 19.2 Å². The first-order chi connectivity index (χ1) is 7.53. The van der Waals surface area contributed by atoms with Crippen LogP contribution in [0.1, 0.15) is 46.0 Å². The summed E-state index contributed by atoms with van der Waals surface area (Å²) in [5.41, 5.74) is 0. The Labute approximate surface area is 99.9 Å². The summed E-state index contributed by atoms with van der Waals surface area (Å²) in [6.45, 7) is 4.91. The van der Waals surface area contributed by atoms with Gasteiger partial charge >= 0.3 is 0 Å². The van der Waals surface area contributed by atoms with Crippen molar-refractivity contribution in [3.8, 4) is 0 Å². The zero-order valence-electron chi connectivity index (χ0n) is 10.5. The average Bonchev–Trinajstić information content (AvgIpc) is 2.97. The van der Waals surface area contributed by atoms with Crippen molar-refractivity contribution in [3.63, 3.8) is 0 Å². The van der Waals surface area contributed by atoms with E-state index >= 15 is 0 Å². The Morgan fingerprint density at radius 1 is 1.38 bits per heavy atom.